The van der Waals surface area contributed by atoms with Crippen molar-refractivity contribution in [1.29, 1.82) is 0 Å². The second kappa shape index (κ2) is 11.6. The highest BCUT2D eigenvalue weighted by atomic mass is 16.5. The van der Waals surface area contributed by atoms with Crippen LogP contribution < -0.4 is 10.6 Å². The van der Waals surface area contributed by atoms with Gasteiger partial charge in [0.2, 0.25) is 0 Å². The summed E-state index contributed by atoms with van der Waals surface area (Å²) in [4.78, 5) is 0. The van der Waals surface area contributed by atoms with Crippen LogP contribution in [-0.2, 0) is 31.0 Å². The van der Waals surface area contributed by atoms with Crippen molar-refractivity contribution in [2.45, 2.75) is 26.3 Å². The molecule has 9 nitrogen and oxygen atoms in total. The van der Waals surface area contributed by atoms with Crippen LogP contribution in [0.5, 0.6) is 0 Å². The molecule has 0 unspecified atom stereocenters. The number of nitrogens with one attached hydrogen (secondary N) is 2. The molecule has 2 N–H and O–H groups in total. The van der Waals surface area contributed by atoms with E-state index in [0.29, 0.717) is 24.6 Å². The second-order valence-corrected chi connectivity index (χ2v) is 8.97. The lowest BCUT2D eigenvalue weighted by atomic mass is 10.1. The van der Waals surface area contributed by atoms with E-state index < -0.39 is 0 Å². The quantitative estimate of drug-likeness (QED) is 0.173. The van der Waals surface area contributed by atoms with Crippen LogP contribution in [0.3, 0.4) is 0 Å². The number of benzene rings is 2. The molecule has 196 valence electrons. The monoisotopic (exact) mass is 522 g/mol. The molecule has 6 rings (SSSR count). The zero-order valence-corrected chi connectivity index (χ0v) is 21.0. The van der Waals surface area contributed by atoms with E-state index in [1.807, 2.05) is 72.8 Å². The lowest BCUT2D eigenvalue weighted by Crippen LogP contribution is -1.97. The number of aromatic nitrogens is 2. The number of furan rings is 2. The zero-order valence-electron chi connectivity index (χ0n) is 21.0. The van der Waals surface area contributed by atoms with Gasteiger partial charge in [-0.3, -0.25) is 0 Å². The fourth-order valence-electron chi connectivity index (χ4n) is 4.00. The first-order valence-electron chi connectivity index (χ1n) is 12.5. The third-order valence-electron chi connectivity index (χ3n) is 6.12. The van der Waals surface area contributed by atoms with Gasteiger partial charge in [0.25, 0.3) is 0 Å². The Morgan fingerprint density at radius 2 is 1.05 bits per heavy atom. The number of anilines is 2. The van der Waals surface area contributed by atoms with Gasteiger partial charge >= 0.3 is 0 Å². The van der Waals surface area contributed by atoms with Crippen molar-refractivity contribution in [3.05, 3.63) is 120 Å². The van der Waals surface area contributed by atoms with E-state index >= 15 is 0 Å². The summed E-state index contributed by atoms with van der Waals surface area (Å²) in [6, 6.07) is 23.6. The Morgan fingerprint density at radius 1 is 0.590 bits per heavy atom. The first-order chi connectivity index (χ1) is 19.3. The molecule has 0 spiro atoms. The van der Waals surface area contributed by atoms with Crippen molar-refractivity contribution in [2.75, 3.05) is 10.6 Å². The molecule has 2 aromatic carbocycles. The third-order valence-corrected chi connectivity index (χ3v) is 6.12. The number of hydrogen-bond donors (Lipinski definition) is 2. The standard InChI is InChI=1S/C30H26N4O5/c1-5-25(31-15-21-9-11-35-17-21)6-2-23(1)29-13-27(38-33-29)19-37-20-28-14-30(34-39-28)24-3-7-26(8-4-24)32-16-22-10-12-36-18-22/h1-14,17-18,31-32H,15-16,19-20H2. The summed E-state index contributed by atoms with van der Waals surface area (Å²) in [6.07, 6.45) is 6.78. The van der Waals surface area contributed by atoms with Gasteiger partial charge < -0.3 is 33.3 Å². The average Bonchev–Trinajstić information content (AvgIpc) is 3.80. The summed E-state index contributed by atoms with van der Waals surface area (Å²) in [5.41, 5.74) is 7.62. The lowest BCUT2D eigenvalue weighted by Gasteiger charge is -2.05. The molecule has 0 saturated heterocycles. The van der Waals surface area contributed by atoms with Crippen molar-refractivity contribution in [3.8, 4) is 22.5 Å². The van der Waals surface area contributed by atoms with Gasteiger partial charge in [-0.1, -0.05) is 34.6 Å². The number of ether oxygens (including phenoxy) is 1. The molecule has 0 saturated carbocycles. The summed E-state index contributed by atoms with van der Waals surface area (Å²) in [6.45, 7) is 1.94. The Balaban J connectivity index is 0.970. The Labute approximate surface area is 224 Å². The minimum absolute atomic E-state index is 0.268. The van der Waals surface area contributed by atoms with Crippen LogP contribution in [0, 0.1) is 0 Å². The van der Waals surface area contributed by atoms with Crippen LogP contribution in [0.15, 0.2) is 116 Å². The Bertz CT molecular complexity index is 1450. The third kappa shape index (κ3) is 6.28. The molecular weight excluding hydrogens is 496 g/mol. The van der Waals surface area contributed by atoms with E-state index in [9.17, 15) is 0 Å². The maximum absolute atomic E-state index is 5.77. The maximum Gasteiger partial charge on any atom is 0.163 e. The molecule has 39 heavy (non-hydrogen) atoms. The summed E-state index contributed by atoms with van der Waals surface area (Å²) >= 11 is 0. The SMILES string of the molecule is c1cc(CNc2ccc(-c3cc(COCc4cc(-c5ccc(NCc6ccoc6)cc5)no4)on3)cc2)co1. The molecule has 0 bridgehead atoms. The van der Waals surface area contributed by atoms with E-state index in [0.717, 1.165) is 45.0 Å². The normalized spacial score (nSPS) is 11.1. The Hall–Kier alpha value is -5.02. The molecule has 0 amide bonds. The molecule has 9 heteroatoms. The fraction of sp³-hybridized carbons (Fsp3) is 0.133. The van der Waals surface area contributed by atoms with Gasteiger partial charge in [0, 0.05) is 58.9 Å². The zero-order chi connectivity index (χ0) is 26.3. The van der Waals surface area contributed by atoms with E-state index in [1.165, 1.54) is 0 Å². The van der Waals surface area contributed by atoms with E-state index in [4.69, 9.17) is 22.6 Å². The summed E-state index contributed by atoms with van der Waals surface area (Å²) < 4.78 is 26.9. The molecular formula is C30H26N4O5. The van der Waals surface area contributed by atoms with E-state index in [1.54, 1.807) is 25.1 Å². The van der Waals surface area contributed by atoms with Crippen LogP contribution in [-0.4, -0.2) is 10.3 Å². The van der Waals surface area contributed by atoms with Gasteiger partial charge in [-0.2, -0.15) is 0 Å². The molecule has 4 aromatic heterocycles. The molecule has 0 aliphatic carbocycles. The predicted molar refractivity (Wildman–Crippen MR) is 144 cm³/mol. The molecule has 0 aliphatic rings. The largest absolute Gasteiger partial charge is 0.472 e. The van der Waals surface area contributed by atoms with Gasteiger partial charge in [-0.25, -0.2) is 0 Å². The predicted octanol–water partition coefficient (Wildman–Crippen LogP) is 7.12. The molecule has 0 aliphatic heterocycles. The molecule has 0 radical (unpaired) electrons. The highest BCUT2D eigenvalue weighted by molar-refractivity contribution is 5.63. The van der Waals surface area contributed by atoms with Crippen LogP contribution >= 0.6 is 0 Å². The highest BCUT2D eigenvalue weighted by Crippen LogP contribution is 2.24. The number of hydrogen-bond acceptors (Lipinski definition) is 9. The average molecular weight is 523 g/mol. The second-order valence-electron chi connectivity index (χ2n) is 8.97. The Kier molecular flexibility index (Phi) is 7.22. The van der Waals surface area contributed by atoms with Crippen molar-refractivity contribution in [1.82, 2.24) is 10.3 Å². The smallest absolute Gasteiger partial charge is 0.163 e. The topological polar surface area (TPSA) is 112 Å². The van der Waals surface area contributed by atoms with Gasteiger partial charge in [0.15, 0.2) is 11.5 Å². The van der Waals surface area contributed by atoms with Crippen LogP contribution in [0.25, 0.3) is 22.5 Å². The number of rotatable bonds is 12. The van der Waals surface area contributed by atoms with E-state index in [-0.39, 0.29) is 13.2 Å². The summed E-state index contributed by atoms with van der Waals surface area (Å²) in [7, 11) is 0. The fourth-order valence-corrected chi connectivity index (χ4v) is 4.00. The first kappa shape index (κ1) is 24.3. The molecule has 0 fully saturated rings. The minimum atomic E-state index is 0.268. The van der Waals surface area contributed by atoms with Crippen molar-refractivity contribution in [2.24, 2.45) is 0 Å². The first-order valence-corrected chi connectivity index (χ1v) is 12.5. The van der Waals surface area contributed by atoms with E-state index in [2.05, 4.69) is 20.9 Å². The summed E-state index contributed by atoms with van der Waals surface area (Å²) in [5.74, 6) is 1.26. The van der Waals surface area contributed by atoms with Crippen molar-refractivity contribution < 1.29 is 22.6 Å². The summed E-state index contributed by atoms with van der Waals surface area (Å²) in [5, 5.41) is 15.1. The van der Waals surface area contributed by atoms with Crippen LogP contribution in [0.1, 0.15) is 22.6 Å². The van der Waals surface area contributed by atoms with Gasteiger partial charge in [0.1, 0.15) is 24.6 Å². The van der Waals surface area contributed by atoms with Gasteiger partial charge in [-0.15, -0.1) is 0 Å². The molecule has 6 aromatic rings. The maximum atomic E-state index is 5.77. The molecule has 4 heterocycles. The lowest BCUT2D eigenvalue weighted by molar-refractivity contribution is 0.0727. The van der Waals surface area contributed by atoms with Crippen LogP contribution in [0.2, 0.25) is 0 Å². The van der Waals surface area contributed by atoms with Gasteiger partial charge in [0.05, 0.1) is 25.1 Å². The Morgan fingerprint density at radius 3 is 1.46 bits per heavy atom. The molecule has 0 atom stereocenters. The van der Waals surface area contributed by atoms with Gasteiger partial charge in [-0.05, 0) is 36.4 Å². The van der Waals surface area contributed by atoms with Crippen LogP contribution in [0.4, 0.5) is 11.4 Å². The number of nitrogens with zero attached hydrogens (tertiary/aromatic N) is 2. The van der Waals surface area contributed by atoms with Crippen molar-refractivity contribution >= 4 is 11.4 Å². The van der Waals surface area contributed by atoms with Crippen molar-refractivity contribution in [3.63, 3.8) is 0 Å². The minimum Gasteiger partial charge on any atom is -0.472 e. The highest BCUT2D eigenvalue weighted by Gasteiger charge is 2.10.